The fourth-order valence-corrected chi connectivity index (χ4v) is 2.93. The minimum atomic E-state index is -0.696. The van der Waals surface area contributed by atoms with E-state index in [1.54, 1.807) is 32.4 Å². The number of hydrogen-bond donors (Lipinski definition) is 1. The molecule has 0 aliphatic carbocycles. The van der Waals surface area contributed by atoms with Gasteiger partial charge in [0, 0.05) is 10.0 Å². The van der Waals surface area contributed by atoms with E-state index in [2.05, 4.69) is 26.5 Å². The van der Waals surface area contributed by atoms with E-state index < -0.39 is 6.10 Å². The molecule has 160 valence electrons. The first-order valence-electron chi connectivity index (χ1n) is 9.65. The number of carbonyl (C=O) groups is 1. The third kappa shape index (κ3) is 6.86. The van der Waals surface area contributed by atoms with Crippen LogP contribution in [-0.2, 0) is 11.4 Å². The first kappa shape index (κ1) is 22.4. The van der Waals surface area contributed by atoms with E-state index in [0.29, 0.717) is 18.1 Å². The number of nitrogens with zero attached hydrogens (tertiary/aromatic N) is 1. The van der Waals surface area contributed by atoms with Crippen LogP contribution in [0.2, 0.25) is 0 Å². The number of methoxy groups -OCH3 is 1. The molecule has 1 amide bonds. The number of nitrogens with one attached hydrogen (secondary N) is 1. The Bertz CT molecular complexity index is 1040. The number of benzene rings is 3. The van der Waals surface area contributed by atoms with Crippen molar-refractivity contribution in [2.75, 3.05) is 7.11 Å². The van der Waals surface area contributed by atoms with Gasteiger partial charge in [-0.15, -0.1) is 0 Å². The molecule has 1 N–H and O–H groups in total. The zero-order valence-corrected chi connectivity index (χ0v) is 18.8. The van der Waals surface area contributed by atoms with Crippen molar-refractivity contribution in [1.29, 1.82) is 0 Å². The van der Waals surface area contributed by atoms with Crippen molar-refractivity contribution in [1.82, 2.24) is 5.43 Å². The Kier molecular flexibility index (Phi) is 8.06. The molecule has 7 heteroatoms. The highest BCUT2D eigenvalue weighted by molar-refractivity contribution is 9.10. The predicted octanol–water partition coefficient (Wildman–Crippen LogP) is 4.95. The molecular formula is C24H23BrN2O4. The average molecular weight is 483 g/mol. The summed E-state index contributed by atoms with van der Waals surface area (Å²) in [6.45, 7) is 2.05. The minimum Gasteiger partial charge on any atom is -0.497 e. The van der Waals surface area contributed by atoms with E-state index in [-0.39, 0.29) is 5.91 Å². The average Bonchev–Trinajstić information content (AvgIpc) is 2.80. The van der Waals surface area contributed by atoms with Gasteiger partial charge in [0.2, 0.25) is 0 Å². The molecule has 3 aromatic rings. The summed E-state index contributed by atoms with van der Waals surface area (Å²) in [7, 11) is 1.63. The molecule has 0 heterocycles. The lowest BCUT2D eigenvalue weighted by Gasteiger charge is -2.13. The van der Waals surface area contributed by atoms with Crippen molar-refractivity contribution in [3.05, 3.63) is 88.4 Å². The van der Waals surface area contributed by atoms with E-state index in [1.807, 2.05) is 60.7 Å². The number of rotatable bonds is 9. The molecule has 0 aromatic heterocycles. The molecule has 6 nitrogen and oxygen atoms in total. The second kappa shape index (κ2) is 11.2. The van der Waals surface area contributed by atoms with Crippen molar-refractivity contribution in [3.8, 4) is 17.2 Å². The fourth-order valence-electron chi connectivity index (χ4n) is 2.67. The summed E-state index contributed by atoms with van der Waals surface area (Å²) in [5.41, 5.74) is 4.23. The van der Waals surface area contributed by atoms with Crippen LogP contribution in [0.5, 0.6) is 17.2 Å². The first-order chi connectivity index (χ1) is 15.0. The number of carbonyl (C=O) groups excluding carboxylic acids is 1. The minimum absolute atomic E-state index is 0.353. The van der Waals surface area contributed by atoms with E-state index in [0.717, 1.165) is 21.3 Å². The lowest BCUT2D eigenvalue weighted by molar-refractivity contribution is -0.127. The third-order valence-electron chi connectivity index (χ3n) is 4.32. The van der Waals surface area contributed by atoms with Crippen LogP contribution in [-0.4, -0.2) is 25.3 Å². The molecule has 0 bridgehead atoms. The van der Waals surface area contributed by atoms with Gasteiger partial charge in [-0.2, -0.15) is 5.10 Å². The molecule has 0 saturated heterocycles. The molecule has 1 atom stereocenters. The Morgan fingerprint density at radius 1 is 1.06 bits per heavy atom. The Labute approximate surface area is 190 Å². The zero-order chi connectivity index (χ0) is 22.1. The molecular weight excluding hydrogens is 460 g/mol. The van der Waals surface area contributed by atoms with Crippen molar-refractivity contribution >= 4 is 28.1 Å². The monoisotopic (exact) mass is 482 g/mol. The maximum atomic E-state index is 12.3. The molecule has 0 unspecified atom stereocenters. The normalized spacial score (nSPS) is 11.7. The van der Waals surface area contributed by atoms with Crippen LogP contribution in [0.1, 0.15) is 18.1 Å². The number of ether oxygens (including phenoxy) is 3. The molecule has 0 aliphatic heterocycles. The Hall–Kier alpha value is -3.32. The highest BCUT2D eigenvalue weighted by Gasteiger charge is 2.14. The number of amides is 1. The van der Waals surface area contributed by atoms with Gasteiger partial charge in [0.05, 0.1) is 13.3 Å². The standard InChI is InChI=1S/C24H23BrN2O4/c1-17(31-21-12-10-20(25)11-13-21)24(28)27-26-15-19-7-3-4-9-23(19)30-16-18-6-5-8-22(14-18)29-2/h3-15,17H,16H2,1-2H3,(H,27,28)/b26-15-/t17-/m0/s1. The molecule has 0 spiro atoms. The van der Waals surface area contributed by atoms with Gasteiger partial charge < -0.3 is 14.2 Å². The quantitative estimate of drug-likeness (QED) is 0.345. The highest BCUT2D eigenvalue weighted by atomic mass is 79.9. The van der Waals surface area contributed by atoms with Gasteiger partial charge in [0.25, 0.3) is 5.91 Å². The van der Waals surface area contributed by atoms with Crippen LogP contribution >= 0.6 is 15.9 Å². The SMILES string of the molecule is COc1cccc(COc2ccccc2/C=N\NC(=O)[C@H](C)Oc2ccc(Br)cc2)c1. The van der Waals surface area contributed by atoms with Gasteiger partial charge in [-0.05, 0) is 61.0 Å². The van der Waals surface area contributed by atoms with Crippen molar-refractivity contribution in [2.45, 2.75) is 19.6 Å². The van der Waals surface area contributed by atoms with Gasteiger partial charge in [-0.25, -0.2) is 5.43 Å². The van der Waals surface area contributed by atoms with Crippen LogP contribution in [0.4, 0.5) is 0 Å². The van der Waals surface area contributed by atoms with Crippen LogP contribution < -0.4 is 19.6 Å². The maximum Gasteiger partial charge on any atom is 0.280 e. The van der Waals surface area contributed by atoms with Crippen molar-refractivity contribution in [2.24, 2.45) is 5.10 Å². The molecule has 0 radical (unpaired) electrons. The first-order valence-corrected chi connectivity index (χ1v) is 10.4. The molecule has 3 aromatic carbocycles. The smallest absolute Gasteiger partial charge is 0.280 e. The van der Waals surface area contributed by atoms with Gasteiger partial charge in [0.15, 0.2) is 6.10 Å². The number of para-hydroxylation sites is 1. The Morgan fingerprint density at radius 3 is 2.61 bits per heavy atom. The molecule has 0 fully saturated rings. The van der Waals surface area contributed by atoms with E-state index in [1.165, 1.54) is 0 Å². The van der Waals surface area contributed by atoms with E-state index >= 15 is 0 Å². The molecule has 31 heavy (non-hydrogen) atoms. The summed E-state index contributed by atoms with van der Waals surface area (Å²) in [5, 5.41) is 4.05. The third-order valence-corrected chi connectivity index (χ3v) is 4.85. The number of hydrogen-bond acceptors (Lipinski definition) is 5. The topological polar surface area (TPSA) is 69.2 Å². The van der Waals surface area contributed by atoms with Crippen LogP contribution in [0, 0.1) is 0 Å². The number of hydrazone groups is 1. The zero-order valence-electron chi connectivity index (χ0n) is 17.2. The highest BCUT2D eigenvalue weighted by Crippen LogP contribution is 2.20. The maximum absolute atomic E-state index is 12.3. The van der Waals surface area contributed by atoms with Gasteiger partial charge in [0.1, 0.15) is 23.9 Å². The van der Waals surface area contributed by atoms with Crippen LogP contribution in [0.15, 0.2) is 82.4 Å². The van der Waals surface area contributed by atoms with E-state index in [9.17, 15) is 4.79 Å². The summed E-state index contributed by atoms with van der Waals surface area (Å²) >= 11 is 3.36. The van der Waals surface area contributed by atoms with Crippen molar-refractivity contribution < 1.29 is 19.0 Å². The summed E-state index contributed by atoms with van der Waals surface area (Å²) in [5.74, 6) is 1.68. The summed E-state index contributed by atoms with van der Waals surface area (Å²) in [6.07, 6.45) is 0.850. The van der Waals surface area contributed by atoms with Crippen LogP contribution in [0.3, 0.4) is 0 Å². The second-order valence-electron chi connectivity index (χ2n) is 6.63. The number of halogens is 1. The Morgan fingerprint density at radius 2 is 1.84 bits per heavy atom. The lowest BCUT2D eigenvalue weighted by atomic mass is 10.2. The van der Waals surface area contributed by atoms with Crippen LogP contribution in [0.25, 0.3) is 0 Å². The molecule has 0 saturated carbocycles. The fraction of sp³-hybridized carbons (Fsp3) is 0.167. The largest absolute Gasteiger partial charge is 0.497 e. The lowest BCUT2D eigenvalue weighted by Crippen LogP contribution is -2.33. The summed E-state index contributed by atoms with van der Waals surface area (Å²) in [6, 6.07) is 22.4. The Balaban J connectivity index is 1.56. The molecule has 3 rings (SSSR count). The predicted molar refractivity (Wildman–Crippen MR) is 124 cm³/mol. The van der Waals surface area contributed by atoms with Gasteiger partial charge in [-0.1, -0.05) is 40.2 Å². The van der Waals surface area contributed by atoms with Crippen molar-refractivity contribution in [3.63, 3.8) is 0 Å². The second-order valence-corrected chi connectivity index (χ2v) is 7.54. The summed E-state index contributed by atoms with van der Waals surface area (Å²) < 4.78 is 17.7. The van der Waals surface area contributed by atoms with E-state index in [4.69, 9.17) is 14.2 Å². The van der Waals surface area contributed by atoms with Gasteiger partial charge >= 0.3 is 0 Å². The molecule has 0 aliphatic rings. The van der Waals surface area contributed by atoms with Gasteiger partial charge in [-0.3, -0.25) is 4.79 Å². The summed E-state index contributed by atoms with van der Waals surface area (Å²) in [4.78, 5) is 12.3.